The van der Waals surface area contributed by atoms with Crippen LogP contribution in [0.3, 0.4) is 0 Å². The number of nitrogens with two attached hydrogens (primary N) is 1. The second-order valence-electron chi connectivity index (χ2n) is 8.90. The van der Waals surface area contributed by atoms with Gasteiger partial charge in [-0.05, 0) is 54.3 Å². The maximum atomic E-state index is 13.7. The van der Waals surface area contributed by atoms with Crippen molar-refractivity contribution in [1.82, 2.24) is 25.0 Å². The van der Waals surface area contributed by atoms with Gasteiger partial charge in [-0.2, -0.15) is 5.10 Å². The number of carboxylic acids is 1. The lowest BCUT2D eigenvalue weighted by molar-refractivity contribution is -0.132. The number of urea groups is 1. The lowest BCUT2D eigenvalue weighted by Gasteiger charge is -2.26. The van der Waals surface area contributed by atoms with Gasteiger partial charge in [0.05, 0.1) is 31.2 Å². The topological polar surface area (TPSA) is 173 Å². The Morgan fingerprint density at radius 3 is 2.71 bits per heavy atom. The highest BCUT2D eigenvalue weighted by atomic mass is 35.5. The van der Waals surface area contributed by atoms with E-state index in [9.17, 15) is 24.3 Å². The van der Waals surface area contributed by atoms with Gasteiger partial charge in [-0.15, -0.1) is 0 Å². The van der Waals surface area contributed by atoms with Crippen molar-refractivity contribution in [2.24, 2.45) is 5.92 Å². The molecule has 1 aromatic heterocycles. The van der Waals surface area contributed by atoms with Gasteiger partial charge < -0.3 is 20.9 Å². The molecule has 5 N–H and O–H groups in total. The fraction of sp³-hybridized carbons (Fsp3) is 0.320. The monoisotopic (exact) mass is 542 g/mol. The summed E-state index contributed by atoms with van der Waals surface area (Å²) in [6.45, 7) is 1.62. The Morgan fingerprint density at radius 1 is 1.29 bits per heavy atom. The molecule has 3 aromatic rings. The van der Waals surface area contributed by atoms with Crippen LogP contribution in [-0.4, -0.2) is 49.8 Å². The van der Waals surface area contributed by atoms with Crippen molar-refractivity contribution in [2.75, 3.05) is 12.8 Å². The van der Waals surface area contributed by atoms with Crippen molar-refractivity contribution in [3.63, 3.8) is 0 Å². The van der Waals surface area contributed by atoms with Crippen LogP contribution >= 0.6 is 11.6 Å². The Labute approximate surface area is 222 Å². The zero-order chi connectivity index (χ0) is 27.6. The van der Waals surface area contributed by atoms with Gasteiger partial charge in [0.2, 0.25) is 5.91 Å². The highest BCUT2D eigenvalue weighted by Crippen LogP contribution is 2.28. The molecule has 4 rings (SSSR count). The van der Waals surface area contributed by atoms with Crippen LogP contribution in [0.15, 0.2) is 41.2 Å². The first-order chi connectivity index (χ1) is 18.1. The second-order valence-corrected chi connectivity index (χ2v) is 9.34. The van der Waals surface area contributed by atoms with E-state index in [0.29, 0.717) is 28.3 Å². The van der Waals surface area contributed by atoms with E-state index in [-0.39, 0.29) is 36.6 Å². The van der Waals surface area contributed by atoms with Gasteiger partial charge in [-0.1, -0.05) is 24.6 Å². The Bertz CT molecular complexity index is 1450. The van der Waals surface area contributed by atoms with Gasteiger partial charge in [0, 0.05) is 17.3 Å². The number of aromatic nitrogens is 3. The molecule has 1 aliphatic heterocycles. The van der Waals surface area contributed by atoms with Crippen LogP contribution < -0.4 is 21.5 Å². The third-order valence-corrected chi connectivity index (χ3v) is 6.76. The number of halogens is 1. The summed E-state index contributed by atoms with van der Waals surface area (Å²) >= 11 is 6.17. The van der Waals surface area contributed by atoms with Crippen LogP contribution in [0.4, 0.5) is 10.5 Å². The van der Waals surface area contributed by atoms with Crippen LogP contribution in [0.1, 0.15) is 46.7 Å². The minimum atomic E-state index is -1.16. The molecule has 0 saturated carbocycles. The largest absolute Gasteiger partial charge is 0.496 e. The molecule has 2 heterocycles. The summed E-state index contributed by atoms with van der Waals surface area (Å²) in [6, 6.07) is 8.21. The molecule has 0 unspecified atom stereocenters. The summed E-state index contributed by atoms with van der Waals surface area (Å²) in [5.74, 6) is -1.69. The number of nitrogens with one attached hydrogen (secondary N) is 2. The van der Waals surface area contributed by atoms with Crippen molar-refractivity contribution >= 4 is 35.2 Å². The number of ether oxygens (including phenoxy) is 1. The molecule has 0 radical (unpaired) electrons. The van der Waals surface area contributed by atoms with E-state index in [1.807, 2.05) is 6.92 Å². The van der Waals surface area contributed by atoms with E-state index >= 15 is 0 Å². The van der Waals surface area contributed by atoms with Crippen molar-refractivity contribution in [2.45, 2.75) is 38.9 Å². The number of H-pyrrole nitrogens is 1. The van der Waals surface area contributed by atoms with Crippen LogP contribution in [-0.2, 0) is 24.3 Å². The average Bonchev–Trinajstić information content (AvgIpc) is 3.15. The number of aromatic carboxylic acids is 1. The number of nitrogen functional groups attached to an aromatic ring is 1. The molecule has 12 nitrogen and oxygen atoms in total. The summed E-state index contributed by atoms with van der Waals surface area (Å²) in [5, 5.41) is 18.9. The number of benzene rings is 2. The number of rotatable bonds is 7. The van der Waals surface area contributed by atoms with E-state index in [0.717, 1.165) is 4.90 Å². The molecule has 0 aliphatic carbocycles. The van der Waals surface area contributed by atoms with Gasteiger partial charge in [0.25, 0.3) is 0 Å². The molecule has 2 aromatic carbocycles. The predicted molar refractivity (Wildman–Crippen MR) is 138 cm³/mol. The molecule has 3 amide bonds. The highest BCUT2D eigenvalue weighted by Gasteiger charge is 2.36. The maximum absolute atomic E-state index is 13.7. The summed E-state index contributed by atoms with van der Waals surface area (Å²) in [7, 11) is 1.50. The SMILES string of the molecule is CC[C@@H](NC(=O)N1Cc2n[nH]c(=O)n2C[C@H](Cc2cc(Cl)ccc2OC)C1=O)c1ccc(C(=O)O)c(N)c1. The van der Waals surface area contributed by atoms with Crippen LogP contribution in [0.25, 0.3) is 0 Å². The zero-order valence-corrected chi connectivity index (χ0v) is 21.5. The number of hydrogen-bond donors (Lipinski definition) is 4. The molecule has 2 atom stereocenters. The number of fused-ring (bicyclic) bond motifs is 1. The van der Waals surface area contributed by atoms with E-state index in [1.165, 1.54) is 23.8 Å². The summed E-state index contributed by atoms with van der Waals surface area (Å²) in [4.78, 5) is 51.9. The number of aromatic amines is 1. The Balaban J connectivity index is 1.64. The summed E-state index contributed by atoms with van der Waals surface area (Å²) < 4.78 is 6.76. The highest BCUT2D eigenvalue weighted by molar-refractivity contribution is 6.30. The Morgan fingerprint density at radius 2 is 2.05 bits per heavy atom. The number of anilines is 1. The number of amides is 3. The van der Waals surface area contributed by atoms with E-state index in [2.05, 4.69) is 15.5 Å². The number of carboxylic acid groups (broad SMARTS) is 1. The fourth-order valence-electron chi connectivity index (χ4n) is 4.53. The van der Waals surface area contributed by atoms with Crippen molar-refractivity contribution in [1.29, 1.82) is 0 Å². The van der Waals surface area contributed by atoms with Gasteiger partial charge in [0.15, 0.2) is 5.82 Å². The molecule has 0 spiro atoms. The van der Waals surface area contributed by atoms with Gasteiger partial charge in [-0.25, -0.2) is 19.5 Å². The smallest absolute Gasteiger partial charge is 0.343 e. The Hall–Kier alpha value is -4.32. The molecular weight excluding hydrogens is 516 g/mol. The number of nitrogens with zero attached hydrogens (tertiary/aromatic N) is 3. The average molecular weight is 543 g/mol. The van der Waals surface area contributed by atoms with E-state index < -0.39 is 35.6 Å². The molecule has 0 saturated heterocycles. The van der Waals surface area contributed by atoms with Crippen LogP contribution in [0.2, 0.25) is 5.02 Å². The van der Waals surface area contributed by atoms with Crippen LogP contribution in [0, 0.1) is 5.92 Å². The van der Waals surface area contributed by atoms with Crippen molar-refractivity contribution < 1.29 is 24.2 Å². The first-order valence-corrected chi connectivity index (χ1v) is 12.2. The molecule has 0 fully saturated rings. The van der Waals surface area contributed by atoms with Gasteiger partial charge in [0.1, 0.15) is 5.75 Å². The standard InChI is InChI=1S/C25H27ClN6O6/c1-3-19(13-4-6-17(23(34)35)18(27)10-13)28-24(36)32-12-21-29-30-25(37)31(21)11-15(22(32)33)8-14-9-16(26)5-7-20(14)38-2/h4-7,9-10,15,19H,3,8,11-12,27H2,1-2H3,(H,28,36)(H,30,37)(H,34,35)/t15-,19+/m0/s1. The number of imide groups is 1. The second kappa shape index (κ2) is 11.0. The summed E-state index contributed by atoms with van der Waals surface area (Å²) in [6.07, 6.45) is 0.601. The van der Waals surface area contributed by atoms with E-state index in [4.69, 9.17) is 22.1 Å². The van der Waals surface area contributed by atoms with Crippen molar-refractivity contribution in [3.05, 3.63) is 74.4 Å². The van der Waals surface area contributed by atoms with Gasteiger partial charge in [-0.3, -0.25) is 14.3 Å². The molecular formula is C25H27ClN6O6. The lowest BCUT2D eigenvalue weighted by Crippen LogP contribution is -2.46. The first-order valence-electron chi connectivity index (χ1n) is 11.8. The third-order valence-electron chi connectivity index (χ3n) is 6.52. The summed E-state index contributed by atoms with van der Waals surface area (Å²) in [5.41, 5.74) is 6.65. The zero-order valence-electron chi connectivity index (χ0n) is 20.7. The Kier molecular flexibility index (Phi) is 7.72. The molecule has 38 heavy (non-hydrogen) atoms. The first kappa shape index (κ1) is 26.7. The number of methoxy groups -OCH3 is 1. The molecule has 200 valence electrons. The maximum Gasteiger partial charge on any atom is 0.343 e. The van der Waals surface area contributed by atoms with Gasteiger partial charge >= 0.3 is 17.7 Å². The fourth-order valence-corrected chi connectivity index (χ4v) is 4.73. The van der Waals surface area contributed by atoms with E-state index in [1.54, 1.807) is 24.3 Å². The predicted octanol–water partition coefficient (Wildman–Crippen LogP) is 2.58. The quantitative estimate of drug-likeness (QED) is 0.330. The number of carbonyl (C=O) groups is 3. The normalized spacial score (nSPS) is 15.9. The number of hydrogen-bond acceptors (Lipinski definition) is 7. The lowest BCUT2D eigenvalue weighted by atomic mass is 9.97. The van der Waals surface area contributed by atoms with Crippen molar-refractivity contribution in [3.8, 4) is 5.75 Å². The number of carbonyl (C=O) groups excluding carboxylic acids is 2. The minimum absolute atomic E-state index is 0.00728. The molecule has 1 aliphatic rings. The third kappa shape index (κ3) is 5.35. The van der Waals surface area contributed by atoms with Crippen LogP contribution in [0.5, 0.6) is 5.75 Å². The molecule has 13 heteroatoms. The molecule has 0 bridgehead atoms. The minimum Gasteiger partial charge on any atom is -0.496 e.